The van der Waals surface area contributed by atoms with E-state index in [2.05, 4.69) is 23.3 Å². The molecule has 1 aliphatic rings. The molecule has 4 heteroatoms. The minimum atomic E-state index is -0.434. The van der Waals surface area contributed by atoms with Gasteiger partial charge < -0.3 is 4.90 Å². The number of fused-ring (bicyclic) bond motifs is 1. The Kier molecular flexibility index (Phi) is 3.45. The van der Waals surface area contributed by atoms with E-state index in [0.29, 0.717) is 0 Å². The van der Waals surface area contributed by atoms with Gasteiger partial charge in [0.25, 0.3) is 0 Å². The first-order chi connectivity index (χ1) is 9.76. The molecule has 1 unspecified atom stereocenters. The summed E-state index contributed by atoms with van der Waals surface area (Å²) >= 11 is 1.79. The quantitative estimate of drug-likeness (QED) is 0.824. The van der Waals surface area contributed by atoms with Crippen molar-refractivity contribution in [1.29, 1.82) is 5.26 Å². The van der Waals surface area contributed by atoms with Gasteiger partial charge in [0.1, 0.15) is 17.4 Å². The second-order valence-corrected chi connectivity index (χ2v) is 5.91. The van der Waals surface area contributed by atoms with Crippen LogP contribution in [0.3, 0.4) is 0 Å². The van der Waals surface area contributed by atoms with Crippen LogP contribution in [-0.4, -0.2) is 6.54 Å². The average Bonchev–Trinajstić information content (AvgIpc) is 2.94. The highest BCUT2D eigenvalue weighted by Gasteiger charge is 2.29. The lowest BCUT2D eigenvalue weighted by molar-refractivity contribution is 0.568. The van der Waals surface area contributed by atoms with Crippen molar-refractivity contribution < 1.29 is 4.39 Å². The molecule has 0 amide bonds. The summed E-state index contributed by atoms with van der Waals surface area (Å²) in [6.45, 7) is 2.97. The van der Waals surface area contributed by atoms with Gasteiger partial charge in [0.15, 0.2) is 0 Å². The van der Waals surface area contributed by atoms with Gasteiger partial charge in [0, 0.05) is 11.4 Å². The monoisotopic (exact) mass is 286 g/mol. The minimum Gasteiger partial charge on any atom is -0.363 e. The van der Waals surface area contributed by atoms with Crippen LogP contribution in [0.2, 0.25) is 0 Å². The maximum Gasteiger partial charge on any atom is 0.143 e. The Morgan fingerprint density at radius 1 is 1.45 bits per heavy atom. The molecule has 0 bridgehead atoms. The fourth-order valence-corrected chi connectivity index (χ4v) is 3.92. The van der Waals surface area contributed by atoms with Gasteiger partial charge in [-0.3, -0.25) is 0 Å². The van der Waals surface area contributed by atoms with Gasteiger partial charge in [-0.1, -0.05) is 13.0 Å². The molecule has 2 aromatic rings. The number of nitrogens with zero attached hydrogens (tertiary/aromatic N) is 2. The van der Waals surface area contributed by atoms with E-state index >= 15 is 0 Å². The second-order valence-electron chi connectivity index (χ2n) is 4.91. The van der Waals surface area contributed by atoms with Gasteiger partial charge in [-0.25, -0.2) is 4.39 Å². The Labute approximate surface area is 122 Å². The minimum absolute atomic E-state index is 0.157. The maximum absolute atomic E-state index is 13.8. The van der Waals surface area contributed by atoms with E-state index in [1.807, 2.05) is 12.1 Å². The summed E-state index contributed by atoms with van der Waals surface area (Å²) in [4.78, 5) is 3.60. The Hall–Kier alpha value is -1.86. The first kappa shape index (κ1) is 13.1. The lowest BCUT2D eigenvalue weighted by Crippen LogP contribution is -2.35. The van der Waals surface area contributed by atoms with Gasteiger partial charge in [-0.15, -0.1) is 11.3 Å². The SMILES string of the molecule is CCC1c2ccsc2CCN1c1cccc(F)c1C#N. The number of hydrogen-bond acceptors (Lipinski definition) is 3. The van der Waals surface area contributed by atoms with E-state index in [0.717, 1.165) is 25.1 Å². The molecule has 1 aromatic carbocycles. The van der Waals surface area contributed by atoms with Crippen LogP contribution >= 0.6 is 11.3 Å². The van der Waals surface area contributed by atoms with Crippen molar-refractivity contribution in [1.82, 2.24) is 0 Å². The van der Waals surface area contributed by atoms with E-state index in [1.165, 1.54) is 16.5 Å². The predicted molar refractivity (Wildman–Crippen MR) is 79.5 cm³/mol. The molecule has 0 N–H and O–H groups in total. The zero-order valence-corrected chi connectivity index (χ0v) is 12.1. The average molecular weight is 286 g/mol. The number of rotatable bonds is 2. The molecule has 1 atom stereocenters. The van der Waals surface area contributed by atoms with E-state index in [4.69, 9.17) is 0 Å². The Morgan fingerprint density at radius 2 is 2.30 bits per heavy atom. The standard InChI is InChI=1S/C16H15FN2S/c1-2-14-11-7-9-20-16(11)6-8-19(14)15-5-3-4-13(17)12(15)10-18/h3-5,7,9,14H,2,6,8H2,1H3. The number of halogens is 1. The molecule has 3 rings (SSSR count). The molecular formula is C16H15FN2S. The summed E-state index contributed by atoms with van der Waals surface area (Å²) < 4.78 is 13.8. The van der Waals surface area contributed by atoms with Crippen LogP contribution < -0.4 is 4.90 Å². The highest BCUT2D eigenvalue weighted by molar-refractivity contribution is 7.10. The normalized spacial score (nSPS) is 17.6. The van der Waals surface area contributed by atoms with Crippen LogP contribution in [0.25, 0.3) is 0 Å². The molecule has 0 saturated carbocycles. The number of hydrogen-bond donors (Lipinski definition) is 0. The topological polar surface area (TPSA) is 27.0 Å². The third kappa shape index (κ3) is 1.99. The molecule has 0 aliphatic carbocycles. The van der Waals surface area contributed by atoms with E-state index < -0.39 is 5.82 Å². The molecule has 1 aliphatic heterocycles. The van der Waals surface area contributed by atoms with Crippen molar-refractivity contribution >= 4 is 17.0 Å². The highest BCUT2D eigenvalue weighted by Crippen LogP contribution is 2.39. The van der Waals surface area contributed by atoms with Crippen molar-refractivity contribution in [2.45, 2.75) is 25.8 Å². The summed E-state index contributed by atoms with van der Waals surface area (Å²) in [7, 11) is 0. The van der Waals surface area contributed by atoms with Crippen LogP contribution in [0.15, 0.2) is 29.6 Å². The molecule has 2 heterocycles. The van der Waals surface area contributed by atoms with Crippen LogP contribution in [-0.2, 0) is 6.42 Å². The fourth-order valence-electron chi connectivity index (χ4n) is 2.99. The van der Waals surface area contributed by atoms with E-state index in [-0.39, 0.29) is 11.6 Å². The molecule has 0 radical (unpaired) electrons. The zero-order chi connectivity index (χ0) is 14.1. The summed E-state index contributed by atoms with van der Waals surface area (Å²) in [5.74, 6) is -0.434. The fraction of sp³-hybridized carbons (Fsp3) is 0.312. The maximum atomic E-state index is 13.8. The Bertz CT molecular complexity index is 671. The number of thiophene rings is 1. The van der Waals surface area contributed by atoms with Crippen LogP contribution in [0, 0.1) is 17.1 Å². The molecule has 102 valence electrons. The van der Waals surface area contributed by atoms with E-state index in [1.54, 1.807) is 17.4 Å². The van der Waals surface area contributed by atoms with E-state index in [9.17, 15) is 9.65 Å². The summed E-state index contributed by atoms with van der Waals surface area (Å²) in [6.07, 6.45) is 1.91. The molecule has 0 spiro atoms. The van der Waals surface area contributed by atoms with Crippen molar-refractivity contribution in [3.63, 3.8) is 0 Å². The molecule has 2 nitrogen and oxygen atoms in total. The first-order valence-electron chi connectivity index (χ1n) is 6.77. The molecule has 20 heavy (non-hydrogen) atoms. The first-order valence-corrected chi connectivity index (χ1v) is 7.65. The largest absolute Gasteiger partial charge is 0.363 e. The lowest BCUT2D eigenvalue weighted by atomic mass is 9.96. The zero-order valence-electron chi connectivity index (χ0n) is 11.3. The van der Waals surface area contributed by atoms with Gasteiger partial charge in [-0.2, -0.15) is 5.26 Å². The van der Waals surface area contributed by atoms with Gasteiger partial charge in [0.05, 0.1) is 11.7 Å². The van der Waals surface area contributed by atoms with Gasteiger partial charge in [-0.05, 0) is 42.0 Å². The summed E-state index contributed by atoms with van der Waals surface area (Å²) in [6, 6.07) is 9.28. The molecule has 0 fully saturated rings. The third-order valence-electron chi connectivity index (χ3n) is 3.89. The molecule has 1 aromatic heterocycles. The second kappa shape index (κ2) is 5.26. The van der Waals surface area contributed by atoms with Crippen molar-refractivity contribution in [3.8, 4) is 6.07 Å². The van der Waals surface area contributed by atoms with Crippen LogP contribution in [0.1, 0.15) is 35.4 Å². The van der Waals surface area contributed by atoms with Gasteiger partial charge >= 0.3 is 0 Å². The smallest absolute Gasteiger partial charge is 0.143 e. The molecular weight excluding hydrogens is 271 g/mol. The van der Waals surface area contributed by atoms with Crippen molar-refractivity contribution in [2.75, 3.05) is 11.4 Å². The summed E-state index contributed by atoms with van der Waals surface area (Å²) in [5.41, 5.74) is 2.21. The number of benzene rings is 1. The number of nitriles is 1. The molecule has 0 saturated heterocycles. The Morgan fingerprint density at radius 3 is 3.05 bits per heavy atom. The highest BCUT2D eigenvalue weighted by atomic mass is 32.1. The van der Waals surface area contributed by atoms with Crippen molar-refractivity contribution in [2.24, 2.45) is 0 Å². The third-order valence-corrected chi connectivity index (χ3v) is 4.89. The predicted octanol–water partition coefficient (Wildman–Crippen LogP) is 4.27. The van der Waals surface area contributed by atoms with Crippen molar-refractivity contribution in [3.05, 3.63) is 51.5 Å². The van der Waals surface area contributed by atoms with Crippen LogP contribution in [0.5, 0.6) is 0 Å². The Balaban J connectivity index is 2.08. The number of anilines is 1. The lowest BCUT2D eigenvalue weighted by Gasteiger charge is -2.37. The summed E-state index contributed by atoms with van der Waals surface area (Å²) in [5, 5.41) is 11.3. The van der Waals surface area contributed by atoms with Gasteiger partial charge in [0.2, 0.25) is 0 Å². The van der Waals surface area contributed by atoms with Crippen LogP contribution in [0.4, 0.5) is 10.1 Å².